The van der Waals surface area contributed by atoms with Crippen LogP contribution in [0.1, 0.15) is 11.1 Å². The summed E-state index contributed by atoms with van der Waals surface area (Å²) < 4.78 is 25.9. The summed E-state index contributed by atoms with van der Waals surface area (Å²) in [6.07, 6.45) is 1.32. The van der Waals surface area contributed by atoms with Crippen LogP contribution in [0, 0.1) is 11.6 Å². The van der Waals surface area contributed by atoms with Crippen molar-refractivity contribution in [3.63, 3.8) is 0 Å². The average molecular weight is 268 g/mol. The number of hydrazine groups is 1. The van der Waals surface area contributed by atoms with Crippen LogP contribution in [0.4, 0.5) is 8.78 Å². The van der Waals surface area contributed by atoms with E-state index >= 15 is 0 Å². The molecular weight excluding hydrogens is 254 g/mol. The minimum absolute atomic E-state index is 0.00413. The van der Waals surface area contributed by atoms with Gasteiger partial charge < -0.3 is 0 Å². The summed E-state index contributed by atoms with van der Waals surface area (Å²) in [5, 5.41) is 4.05. The van der Waals surface area contributed by atoms with Gasteiger partial charge in [-0.3, -0.25) is 11.3 Å². The number of hydrogen-bond acceptors (Lipinski definition) is 3. The Morgan fingerprint density at radius 3 is 2.50 bits per heavy atom. The molecule has 2 nitrogen and oxygen atoms in total. The highest BCUT2D eigenvalue weighted by molar-refractivity contribution is 7.07. The van der Waals surface area contributed by atoms with Crippen molar-refractivity contribution in [1.29, 1.82) is 0 Å². The smallest absolute Gasteiger partial charge is 0.159 e. The predicted molar refractivity (Wildman–Crippen MR) is 69.2 cm³/mol. The number of benzene rings is 1. The third-order valence-electron chi connectivity index (χ3n) is 2.76. The van der Waals surface area contributed by atoms with Crippen molar-refractivity contribution in [2.75, 3.05) is 0 Å². The van der Waals surface area contributed by atoms with Crippen LogP contribution in [0.2, 0.25) is 0 Å². The Morgan fingerprint density at radius 2 is 1.89 bits per heavy atom. The van der Waals surface area contributed by atoms with Gasteiger partial charge in [0.15, 0.2) is 11.6 Å². The molecule has 1 aromatic heterocycles. The number of nitrogens with two attached hydrogens (primary N) is 1. The fraction of sp³-hybridized carbons (Fsp3) is 0.231. The molecule has 5 heteroatoms. The third kappa shape index (κ3) is 3.35. The number of hydrogen-bond donors (Lipinski definition) is 2. The van der Waals surface area contributed by atoms with Gasteiger partial charge >= 0.3 is 0 Å². The molecule has 2 aromatic rings. The Balaban J connectivity index is 2.03. The van der Waals surface area contributed by atoms with Gasteiger partial charge in [0.05, 0.1) is 0 Å². The Hall–Kier alpha value is -1.30. The van der Waals surface area contributed by atoms with Crippen molar-refractivity contribution in [2.45, 2.75) is 18.9 Å². The van der Waals surface area contributed by atoms with E-state index in [0.717, 1.165) is 18.1 Å². The minimum atomic E-state index is -0.825. The summed E-state index contributed by atoms with van der Waals surface area (Å²) in [6, 6.07) is 5.97. The SMILES string of the molecule is NNC(Cc1ccsc1)Cc1ccc(F)c(F)c1. The largest absolute Gasteiger partial charge is 0.271 e. The van der Waals surface area contributed by atoms with Crippen LogP contribution < -0.4 is 11.3 Å². The minimum Gasteiger partial charge on any atom is -0.271 e. The Labute approximate surface area is 108 Å². The van der Waals surface area contributed by atoms with Crippen LogP contribution in [0.3, 0.4) is 0 Å². The first-order valence-corrected chi connectivity index (χ1v) is 6.54. The van der Waals surface area contributed by atoms with Gasteiger partial charge in [0.25, 0.3) is 0 Å². The van der Waals surface area contributed by atoms with Crippen LogP contribution in [0.25, 0.3) is 0 Å². The molecule has 0 spiro atoms. The van der Waals surface area contributed by atoms with Gasteiger partial charge in [0.1, 0.15) is 0 Å². The molecule has 1 unspecified atom stereocenters. The molecule has 0 amide bonds. The van der Waals surface area contributed by atoms with Gasteiger partial charge in [-0.1, -0.05) is 6.07 Å². The van der Waals surface area contributed by atoms with Gasteiger partial charge in [-0.25, -0.2) is 8.78 Å². The van der Waals surface area contributed by atoms with E-state index in [4.69, 9.17) is 5.84 Å². The van der Waals surface area contributed by atoms with E-state index in [1.165, 1.54) is 11.6 Å². The average Bonchev–Trinajstić information content (AvgIpc) is 2.86. The second kappa shape index (κ2) is 6.04. The molecule has 0 saturated carbocycles. The van der Waals surface area contributed by atoms with E-state index in [2.05, 4.69) is 10.8 Å². The van der Waals surface area contributed by atoms with Crippen molar-refractivity contribution in [3.05, 3.63) is 57.8 Å². The highest BCUT2D eigenvalue weighted by atomic mass is 32.1. The molecule has 1 atom stereocenters. The molecule has 0 fully saturated rings. The van der Waals surface area contributed by atoms with E-state index in [0.29, 0.717) is 6.42 Å². The first kappa shape index (κ1) is 13.1. The molecule has 2 rings (SSSR count). The zero-order valence-corrected chi connectivity index (χ0v) is 10.5. The molecule has 0 bridgehead atoms. The standard InChI is InChI=1S/C13H14F2N2S/c14-12-2-1-9(7-13(12)15)5-11(17-16)6-10-3-4-18-8-10/h1-4,7-8,11,17H,5-6,16H2. The van der Waals surface area contributed by atoms with Gasteiger partial charge in [-0.2, -0.15) is 11.3 Å². The lowest BCUT2D eigenvalue weighted by molar-refractivity contribution is 0.498. The summed E-state index contributed by atoms with van der Waals surface area (Å²) in [5.74, 6) is 3.85. The summed E-state index contributed by atoms with van der Waals surface area (Å²) >= 11 is 1.62. The summed E-state index contributed by atoms with van der Waals surface area (Å²) in [6.45, 7) is 0. The predicted octanol–water partition coefficient (Wildman–Crippen LogP) is 2.64. The highest BCUT2D eigenvalue weighted by Crippen LogP contribution is 2.14. The second-order valence-electron chi connectivity index (χ2n) is 4.15. The molecule has 0 radical (unpaired) electrons. The molecule has 1 aromatic carbocycles. The zero-order valence-electron chi connectivity index (χ0n) is 9.70. The second-order valence-corrected chi connectivity index (χ2v) is 4.93. The van der Waals surface area contributed by atoms with E-state index in [1.54, 1.807) is 17.4 Å². The quantitative estimate of drug-likeness (QED) is 0.646. The Bertz CT molecular complexity index is 500. The molecule has 18 heavy (non-hydrogen) atoms. The molecule has 3 N–H and O–H groups in total. The van der Waals surface area contributed by atoms with Gasteiger partial charge in [0.2, 0.25) is 0 Å². The first-order chi connectivity index (χ1) is 8.69. The summed E-state index contributed by atoms with van der Waals surface area (Å²) in [4.78, 5) is 0. The van der Waals surface area contributed by atoms with Gasteiger partial charge in [-0.05, 0) is 52.9 Å². The normalized spacial score (nSPS) is 12.6. The van der Waals surface area contributed by atoms with E-state index in [9.17, 15) is 8.78 Å². The number of thiophene rings is 1. The van der Waals surface area contributed by atoms with Crippen LogP contribution in [0.15, 0.2) is 35.0 Å². The topological polar surface area (TPSA) is 38.0 Å². The molecule has 0 aliphatic heterocycles. The Morgan fingerprint density at radius 1 is 1.11 bits per heavy atom. The molecule has 0 saturated heterocycles. The van der Waals surface area contributed by atoms with Gasteiger partial charge in [0, 0.05) is 6.04 Å². The van der Waals surface area contributed by atoms with Crippen LogP contribution in [-0.4, -0.2) is 6.04 Å². The highest BCUT2D eigenvalue weighted by Gasteiger charge is 2.11. The maximum atomic E-state index is 13.1. The first-order valence-electron chi connectivity index (χ1n) is 5.60. The number of halogens is 2. The molecule has 0 aliphatic carbocycles. The molecular formula is C13H14F2N2S. The van der Waals surface area contributed by atoms with Crippen molar-refractivity contribution in [2.24, 2.45) is 5.84 Å². The lowest BCUT2D eigenvalue weighted by atomic mass is 10.0. The lowest BCUT2D eigenvalue weighted by Crippen LogP contribution is -2.38. The van der Waals surface area contributed by atoms with E-state index < -0.39 is 11.6 Å². The fourth-order valence-electron chi connectivity index (χ4n) is 1.83. The maximum Gasteiger partial charge on any atom is 0.159 e. The fourth-order valence-corrected chi connectivity index (χ4v) is 2.52. The number of rotatable bonds is 5. The van der Waals surface area contributed by atoms with Crippen molar-refractivity contribution in [3.8, 4) is 0 Å². The molecule has 1 heterocycles. The van der Waals surface area contributed by atoms with Crippen molar-refractivity contribution >= 4 is 11.3 Å². The van der Waals surface area contributed by atoms with Crippen LogP contribution in [-0.2, 0) is 12.8 Å². The van der Waals surface area contributed by atoms with E-state index in [1.807, 2.05) is 11.4 Å². The van der Waals surface area contributed by atoms with E-state index in [-0.39, 0.29) is 6.04 Å². The monoisotopic (exact) mass is 268 g/mol. The molecule has 96 valence electrons. The zero-order chi connectivity index (χ0) is 13.0. The van der Waals surface area contributed by atoms with Crippen molar-refractivity contribution in [1.82, 2.24) is 5.43 Å². The summed E-state index contributed by atoms with van der Waals surface area (Å²) in [5.41, 5.74) is 4.63. The maximum absolute atomic E-state index is 13.1. The Kier molecular flexibility index (Phi) is 4.41. The van der Waals surface area contributed by atoms with Crippen LogP contribution in [0.5, 0.6) is 0 Å². The van der Waals surface area contributed by atoms with Crippen LogP contribution >= 0.6 is 11.3 Å². The number of nitrogens with one attached hydrogen (secondary N) is 1. The molecule has 0 aliphatic rings. The summed E-state index contributed by atoms with van der Waals surface area (Å²) in [7, 11) is 0. The van der Waals surface area contributed by atoms with Gasteiger partial charge in [-0.15, -0.1) is 0 Å². The van der Waals surface area contributed by atoms with Crippen molar-refractivity contribution < 1.29 is 8.78 Å². The lowest BCUT2D eigenvalue weighted by Gasteiger charge is -2.15. The third-order valence-corrected chi connectivity index (χ3v) is 3.50.